The van der Waals surface area contributed by atoms with Gasteiger partial charge in [-0.1, -0.05) is 72.3 Å². The lowest BCUT2D eigenvalue weighted by Gasteiger charge is -2.09. The number of benzene rings is 3. The number of hydrogen-bond acceptors (Lipinski definition) is 4. The van der Waals surface area contributed by atoms with Crippen molar-refractivity contribution in [3.63, 3.8) is 0 Å². The summed E-state index contributed by atoms with van der Waals surface area (Å²) in [5.41, 5.74) is 5.99. The molecule has 6 heteroatoms. The second-order valence-electron chi connectivity index (χ2n) is 7.84. The number of nitrogens with one attached hydrogen (secondary N) is 1. The summed E-state index contributed by atoms with van der Waals surface area (Å²) in [6, 6.07) is 28.3. The predicted molar refractivity (Wildman–Crippen MR) is 133 cm³/mol. The highest BCUT2D eigenvalue weighted by Gasteiger charge is 2.12. The van der Waals surface area contributed by atoms with Gasteiger partial charge >= 0.3 is 0 Å². The molecule has 0 radical (unpaired) electrons. The Kier molecular flexibility index (Phi) is 7.30. The van der Waals surface area contributed by atoms with E-state index < -0.39 is 5.91 Å². The van der Waals surface area contributed by atoms with Gasteiger partial charge < -0.3 is 9.30 Å². The monoisotopic (exact) mass is 451 g/mol. The molecule has 0 atom stereocenters. The maximum atomic E-state index is 12.8. The summed E-state index contributed by atoms with van der Waals surface area (Å²) in [6.45, 7) is 2.76. The van der Waals surface area contributed by atoms with Crippen LogP contribution in [0.1, 0.15) is 32.6 Å². The van der Waals surface area contributed by atoms with Gasteiger partial charge in [0.05, 0.1) is 12.8 Å². The molecular formula is C28H25N3O3. The van der Waals surface area contributed by atoms with Crippen molar-refractivity contribution < 1.29 is 9.53 Å². The largest absolute Gasteiger partial charge is 0.489 e. The topological polar surface area (TPSA) is 72.7 Å². The molecule has 0 spiro atoms. The van der Waals surface area contributed by atoms with Gasteiger partial charge in [0.2, 0.25) is 0 Å². The van der Waals surface area contributed by atoms with Crippen LogP contribution < -0.4 is 15.7 Å². The van der Waals surface area contributed by atoms with Crippen LogP contribution in [-0.2, 0) is 13.2 Å². The van der Waals surface area contributed by atoms with Crippen LogP contribution in [0.3, 0.4) is 0 Å². The van der Waals surface area contributed by atoms with Crippen LogP contribution in [0.5, 0.6) is 5.75 Å². The van der Waals surface area contributed by atoms with Crippen molar-refractivity contribution in [3.8, 4) is 5.75 Å². The van der Waals surface area contributed by atoms with Crippen molar-refractivity contribution >= 4 is 12.1 Å². The van der Waals surface area contributed by atoms with Crippen molar-refractivity contribution in [2.45, 2.75) is 20.1 Å². The molecule has 6 nitrogen and oxygen atoms in total. The maximum absolute atomic E-state index is 12.8. The summed E-state index contributed by atoms with van der Waals surface area (Å²) in [5, 5.41) is 4.07. The van der Waals surface area contributed by atoms with Gasteiger partial charge in [-0.05, 0) is 42.3 Å². The number of hydrogen-bond donors (Lipinski definition) is 1. The fraction of sp³-hybridized carbons (Fsp3) is 0.107. The van der Waals surface area contributed by atoms with Crippen molar-refractivity contribution in [2.75, 3.05) is 0 Å². The second kappa shape index (κ2) is 10.9. The van der Waals surface area contributed by atoms with E-state index in [-0.39, 0.29) is 11.1 Å². The lowest BCUT2D eigenvalue weighted by atomic mass is 10.1. The van der Waals surface area contributed by atoms with E-state index in [1.807, 2.05) is 85.8 Å². The first-order chi connectivity index (χ1) is 16.6. The van der Waals surface area contributed by atoms with Crippen LogP contribution in [-0.4, -0.2) is 16.7 Å². The van der Waals surface area contributed by atoms with E-state index in [0.29, 0.717) is 13.2 Å². The molecule has 0 aliphatic carbocycles. The van der Waals surface area contributed by atoms with Crippen molar-refractivity contribution in [1.82, 2.24) is 9.99 Å². The number of ether oxygens (including phenoxy) is 1. The SMILES string of the molecule is Cc1ccc(Cn2cccc(C(=O)N/N=C\c3ccccc3COc3ccccc3)c2=O)cc1. The van der Waals surface area contributed by atoms with Crippen molar-refractivity contribution in [1.29, 1.82) is 0 Å². The molecule has 0 aliphatic rings. The summed E-state index contributed by atoms with van der Waals surface area (Å²) in [4.78, 5) is 25.5. The molecule has 1 amide bonds. The first-order valence-electron chi connectivity index (χ1n) is 10.9. The first-order valence-corrected chi connectivity index (χ1v) is 10.9. The minimum atomic E-state index is -0.558. The summed E-state index contributed by atoms with van der Waals surface area (Å²) < 4.78 is 7.33. The smallest absolute Gasteiger partial charge is 0.276 e. The number of carbonyl (C=O) groups is 1. The zero-order valence-electron chi connectivity index (χ0n) is 18.8. The van der Waals surface area contributed by atoms with E-state index in [1.54, 1.807) is 18.5 Å². The molecule has 1 N–H and O–H groups in total. The van der Waals surface area contributed by atoms with E-state index in [2.05, 4.69) is 10.5 Å². The maximum Gasteiger partial charge on any atom is 0.276 e. The van der Waals surface area contributed by atoms with Crippen LogP contribution in [0.25, 0.3) is 0 Å². The van der Waals surface area contributed by atoms with E-state index in [1.165, 1.54) is 10.6 Å². The quantitative estimate of drug-likeness (QED) is 0.316. The lowest BCUT2D eigenvalue weighted by molar-refractivity contribution is 0.0953. The summed E-state index contributed by atoms with van der Waals surface area (Å²) in [7, 11) is 0. The standard InChI is InChI=1S/C28H25N3O3/c1-21-13-15-22(16-14-21)19-31-17-7-12-26(28(31)33)27(32)30-29-18-23-8-5-6-9-24(23)20-34-25-10-3-2-4-11-25/h2-18H,19-20H2,1H3,(H,30,32)/b29-18-. The molecule has 4 rings (SSSR count). The Morgan fingerprint density at radius 2 is 1.68 bits per heavy atom. The van der Waals surface area contributed by atoms with Crippen LogP contribution in [0.4, 0.5) is 0 Å². The highest BCUT2D eigenvalue weighted by atomic mass is 16.5. The Labute approximate surface area is 198 Å². The van der Waals surface area contributed by atoms with Gasteiger partial charge in [0, 0.05) is 11.8 Å². The normalized spacial score (nSPS) is 10.9. The Balaban J connectivity index is 1.42. The van der Waals surface area contributed by atoms with Crippen molar-refractivity contribution in [2.24, 2.45) is 5.10 Å². The molecule has 0 saturated carbocycles. The Morgan fingerprint density at radius 3 is 2.47 bits per heavy atom. The molecular weight excluding hydrogens is 426 g/mol. The van der Waals surface area contributed by atoms with E-state index in [0.717, 1.165) is 28.0 Å². The molecule has 0 saturated heterocycles. The number of aryl methyl sites for hydroxylation is 1. The zero-order chi connectivity index (χ0) is 23.8. The highest BCUT2D eigenvalue weighted by molar-refractivity contribution is 5.94. The summed E-state index contributed by atoms with van der Waals surface area (Å²) >= 11 is 0. The molecule has 0 aliphatic heterocycles. The van der Waals surface area contributed by atoms with E-state index in [9.17, 15) is 9.59 Å². The van der Waals surface area contributed by atoms with Crippen LogP contribution >= 0.6 is 0 Å². The van der Waals surface area contributed by atoms with Crippen LogP contribution in [0.15, 0.2) is 107 Å². The molecule has 0 fully saturated rings. The second-order valence-corrected chi connectivity index (χ2v) is 7.84. The lowest BCUT2D eigenvalue weighted by Crippen LogP contribution is -2.30. The van der Waals surface area contributed by atoms with Gasteiger partial charge in [0.15, 0.2) is 0 Å². The van der Waals surface area contributed by atoms with Gasteiger partial charge in [-0.25, -0.2) is 5.43 Å². The van der Waals surface area contributed by atoms with Gasteiger partial charge in [-0.2, -0.15) is 5.10 Å². The Hall–Kier alpha value is -4.45. The predicted octanol–water partition coefficient (Wildman–Crippen LogP) is 4.55. The number of carbonyl (C=O) groups excluding carboxylic acids is 1. The number of aromatic nitrogens is 1. The van der Waals surface area contributed by atoms with Gasteiger partial charge in [-0.15, -0.1) is 0 Å². The minimum Gasteiger partial charge on any atom is -0.489 e. The van der Waals surface area contributed by atoms with Gasteiger partial charge in [0.25, 0.3) is 11.5 Å². The van der Waals surface area contributed by atoms with Gasteiger partial charge in [-0.3, -0.25) is 9.59 Å². The molecule has 1 aromatic heterocycles. The van der Waals surface area contributed by atoms with Crippen molar-refractivity contribution in [3.05, 3.63) is 135 Å². The Morgan fingerprint density at radius 1 is 0.941 bits per heavy atom. The molecule has 0 bridgehead atoms. The fourth-order valence-corrected chi connectivity index (χ4v) is 3.41. The molecule has 1 heterocycles. The van der Waals surface area contributed by atoms with Crippen LogP contribution in [0.2, 0.25) is 0 Å². The van der Waals surface area contributed by atoms with E-state index >= 15 is 0 Å². The van der Waals surface area contributed by atoms with Gasteiger partial charge in [0.1, 0.15) is 17.9 Å². The number of rotatable bonds is 8. The minimum absolute atomic E-state index is 0.0347. The summed E-state index contributed by atoms with van der Waals surface area (Å²) in [5.74, 6) is 0.214. The third kappa shape index (κ3) is 5.86. The highest BCUT2D eigenvalue weighted by Crippen LogP contribution is 2.13. The molecule has 170 valence electrons. The van der Waals surface area contributed by atoms with Crippen LogP contribution in [0, 0.1) is 6.92 Å². The zero-order valence-corrected chi connectivity index (χ0v) is 18.8. The number of amides is 1. The third-order valence-electron chi connectivity index (χ3n) is 5.30. The fourth-order valence-electron chi connectivity index (χ4n) is 3.41. The number of nitrogens with zero attached hydrogens (tertiary/aromatic N) is 2. The van der Waals surface area contributed by atoms with E-state index in [4.69, 9.17) is 4.74 Å². The molecule has 4 aromatic rings. The molecule has 34 heavy (non-hydrogen) atoms. The molecule has 0 unspecified atom stereocenters. The number of pyridine rings is 1. The average molecular weight is 452 g/mol. The number of hydrazone groups is 1. The molecule has 3 aromatic carbocycles. The first kappa shape index (κ1) is 22.7. The third-order valence-corrected chi connectivity index (χ3v) is 5.30. The average Bonchev–Trinajstić information content (AvgIpc) is 2.86. The summed E-state index contributed by atoms with van der Waals surface area (Å²) in [6.07, 6.45) is 3.22. The Bertz CT molecular complexity index is 1340. The number of para-hydroxylation sites is 1.